The van der Waals surface area contributed by atoms with E-state index >= 15 is 0 Å². The number of allylic oxidation sites excluding steroid dienone is 1. The molecule has 1 aliphatic heterocycles. The summed E-state index contributed by atoms with van der Waals surface area (Å²) in [5, 5.41) is 0. The van der Waals surface area contributed by atoms with Gasteiger partial charge in [-0.05, 0) is 42.8 Å². The van der Waals surface area contributed by atoms with Crippen molar-refractivity contribution in [2.24, 2.45) is 0 Å². The number of hydrazine groups is 1. The van der Waals surface area contributed by atoms with E-state index in [0.717, 1.165) is 16.9 Å². The van der Waals surface area contributed by atoms with Gasteiger partial charge in [-0.3, -0.25) is 15.6 Å². The summed E-state index contributed by atoms with van der Waals surface area (Å²) in [4.78, 5) is 11.8. The zero-order valence-electron chi connectivity index (χ0n) is 14.5. The smallest absolute Gasteiger partial charge is 0.276 e. The number of benzene rings is 2. The Morgan fingerprint density at radius 2 is 1.92 bits per heavy atom. The first-order chi connectivity index (χ1) is 12.6. The minimum Gasteiger partial charge on any atom is -0.484 e. The van der Waals surface area contributed by atoms with Crippen molar-refractivity contribution in [3.63, 3.8) is 0 Å². The number of hydrogen-bond donors (Lipinski definition) is 2. The second-order valence-corrected chi connectivity index (χ2v) is 5.75. The molecule has 6 nitrogen and oxygen atoms in total. The van der Waals surface area contributed by atoms with Gasteiger partial charge in [0.25, 0.3) is 5.91 Å². The molecule has 26 heavy (non-hydrogen) atoms. The summed E-state index contributed by atoms with van der Waals surface area (Å²) < 4.78 is 16.0. The number of carbonyl (C=O) groups is 1. The Kier molecular flexibility index (Phi) is 5.43. The molecule has 1 heterocycles. The van der Waals surface area contributed by atoms with Crippen molar-refractivity contribution >= 4 is 12.0 Å². The van der Waals surface area contributed by atoms with Crippen LogP contribution in [0.3, 0.4) is 0 Å². The molecule has 0 unspecified atom stereocenters. The van der Waals surface area contributed by atoms with Crippen LogP contribution in [0.1, 0.15) is 11.1 Å². The molecular formula is C20H20N2O4. The van der Waals surface area contributed by atoms with Gasteiger partial charge in [0.1, 0.15) is 5.75 Å². The Bertz CT molecular complexity index is 828. The number of aryl methyl sites for hydroxylation is 1. The zero-order valence-corrected chi connectivity index (χ0v) is 14.5. The minimum absolute atomic E-state index is 0.0881. The number of rotatable bonds is 7. The van der Waals surface area contributed by atoms with Crippen molar-refractivity contribution < 1.29 is 19.0 Å². The molecule has 2 aromatic carbocycles. The second kappa shape index (κ2) is 8.11. The molecule has 0 aliphatic carbocycles. The summed E-state index contributed by atoms with van der Waals surface area (Å²) in [5.74, 6) is 1.79. The maximum atomic E-state index is 11.8. The van der Waals surface area contributed by atoms with E-state index in [0.29, 0.717) is 17.2 Å². The van der Waals surface area contributed by atoms with Crippen molar-refractivity contribution in [1.82, 2.24) is 10.9 Å². The lowest BCUT2D eigenvalue weighted by Crippen LogP contribution is -2.39. The van der Waals surface area contributed by atoms with Crippen molar-refractivity contribution in [3.05, 3.63) is 71.9 Å². The van der Waals surface area contributed by atoms with Crippen LogP contribution in [0, 0.1) is 6.92 Å². The topological polar surface area (TPSA) is 68.8 Å². The molecule has 1 aliphatic rings. The predicted molar refractivity (Wildman–Crippen MR) is 98.7 cm³/mol. The third-order valence-corrected chi connectivity index (χ3v) is 3.63. The molecule has 0 atom stereocenters. The standard InChI is InChI=1S/C20H20N2O4/c1-14-3-8-17(9-4-14)24-12-20(23)22-21-15(2)5-6-16-7-10-18-19(11-16)26-13-25-18/h3-11,21H,2,12-13H2,1H3,(H,22,23)/b6-5+. The Balaban J connectivity index is 1.41. The molecule has 134 valence electrons. The van der Waals surface area contributed by atoms with Gasteiger partial charge >= 0.3 is 0 Å². The van der Waals surface area contributed by atoms with Gasteiger partial charge in [0.15, 0.2) is 18.1 Å². The van der Waals surface area contributed by atoms with Gasteiger partial charge < -0.3 is 14.2 Å². The molecular weight excluding hydrogens is 332 g/mol. The first kappa shape index (κ1) is 17.4. The summed E-state index contributed by atoms with van der Waals surface area (Å²) in [6.45, 7) is 5.98. The van der Waals surface area contributed by atoms with Crippen LogP contribution < -0.4 is 25.1 Å². The van der Waals surface area contributed by atoms with Crippen LogP contribution in [0.5, 0.6) is 17.2 Å². The largest absolute Gasteiger partial charge is 0.484 e. The average Bonchev–Trinajstić information content (AvgIpc) is 3.12. The van der Waals surface area contributed by atoms with Crippen LogP contribution in [0.2, 0.25) is 0 Å². The van der Waals surface area contributed by atoms with E-state index in [2.05, 4.69) is 17.4 Å². The molecule has 2 N–H and O–H groups in total. The summed E-state index contributed by atoms with van der Waals surface area (Å²) in [6, 6.07) is 13.1. The number of fused-ring (bicyclic) bond motifs is 1. The van der Waals surface area contributed by atoms with Crippen LogP contribution in [0.25, 0.3) is 6.08 Å². The molecule has 0 spiro atoms. The highest BCUT2D eigenvalue weighted by Crippen LogP contribution is 2.32. The van der Waals surface area contributed by atoms with E-state index < -0.39 is 0 Å². The Labute approximate surface area is 152 Å². The van der Waals surface area contributed by atoms with Gasteiger partial charge in [-0.1, -0.05) is 36.4 Å². The molecule has 0 saturated heterocycles. The SMILES string of the molecule is C=C(/C=C/c1ccc2c(c1)OCO2)NNC(=O)COc1ccc(C)cc1. The molecule has 0 radical (unpaired) electrons. The third-order valence-electron chi connectivity index (χ3n) is 3.63. The monoisotopic (exact) mass is 352 g/mol. The Morgan fingerprint density at radius 1 is 1.15 bits per heavy atom. The number of nitrogens with one attached hydrogen (secondary N) is 2. The van der Waals surface area contributed by atoms with E-state index in [1.807, 2.05) is 55.5 Å². The van der Waals surface area contributed by atoms with Crippen LogP contribution >= 0.6 is 0 Å². The highest BCUT2D eigenvalue weighted by atomic mass is 16.7. The molecule has 2 aromatic rings. The van der Waals surface area contributed by atoms with Gasteiger partial charge in [0.05, 0.1) is 0 Å². The third kappa shape index (κ3) is 4.80. The van der Waals surface area contributed by atoms with E-state index in [1.54, 1.807) is 6.08 Å². The molecule has 0 aromatic heterocycles. The minimum atomic E-state index is -0.303. The van der Waals surface area contributed by atoms with Crippen molar-refractivity contribution in [2.75, 3.05) is 13.4 Å². The van der Waals surface area contributed by atoms with Crippen LogP contribution in [-0.2, 0) is 4.79 Å². The summed E-state index contributed by atoms with van der Waals surface area (Å²) >= 11 is 0. The van der Waals surface area contributed by atoms with Gasteiger partial charge in [-0.2, -0.15) is 0 Å². The Hall–Kier alpha value is -3.41. The summed E-state index contributed by atoms with van der Waals surface area (Å²) in [5.41, 5.74) is 7.87. The number of ether oxygens (including phenoxy) is 3. The molecule has 1 amide bonds. The Morgan fingerprint density at radius 3 is 2.73 bits per heavy atom. The molecule has 6 heteroatoms. The molecule has 3 rings (SSSR count). The molecule has 0 bridgehead atoms. The second-order valence-electron chi connectivity index (χ2n) is 5.75. The zero-order chi connectivity index (χ0) is 18.4. The maximum Gasteiger partial charge on any atom is 0.276 e. The predicted octanol–water partition coefficient (Wildman–Crippen LogP) is 2.95. The average molecular weight is 352 g/mol. The van der Waals surface area contributed by atoms with Gasteiger partial charge in [0.2, 0.25) is 6.79 Å². The fourth-order valence-electron chi connectivity index (χ4n) is 2.22. The summed E-state index contributed by atoms with van der Waals surface area (Å²) in [6.07, 6.45) is 3.60. The van der Waals surface area contributed by atoms with Crippen LogP contribution in [0.15, 0.2) is 60.8 Å². The van der Waals surface area contributed by atoms with E-state index in [9.17, 15) is 4.79 Å². The number of amides is 1. The van der Waals surface area contributed by atoms with Crippen molar-refractivity contribution in [1.29, 1.82) is 0 Å². The normalized spacial score (nSPS) is 12.0. The maximum absolute atomic E-state index is 11.8. The lowest BCUT2D eigenvalue weighted by atomic mass is 10.2. The van der Waals surface area contributed by atoms with Crippen LogP contribution in [0.4, 0.5) is 0 Å². The fourth-order valence-corrected chi connectivity index (χ4v) is 2.22. The lowest BCUT2D eigenvalue weighted by molar-refractivity contribution is -0.123. The molecule has 0 fully saturated rings. The van der Waals surface area contributed by atoms with Gasteiger partial charge in [-0.25, -0.2) is 0 Å². The van der Waals surface area contributed by atoms with E-state index in [4.69, 9.17) is 14.2 Å². The number of carbonyl (C=O) groups excluding carboxylic acids is 1. The highest BCUT2D eigenvalue weighted by molar-refractivity contribution is 5.77. The fraction of sp³-hybridized carbons (Fsp3) is 0.150. The van der Waals surface area contributed by atoms with Crippen molar-refractivity contribution in [2.45, 2.75) is 6.92 Å². The van der Waals surface area contributed by atoms with Gasteiger partial charge in [0, 0.05) is 5.70 Å². The summed E-state index contributed by atoms with van der Waals surface area (Å²) in [7, 11) is 0. The lowest BCUT2D eigenvalue weighted by Gasteiger charge is -2.09. The first-order valence-electron chi connectivity index (χ1n) is 8.11. The van der Waals surface area contributed by atoms with Gasteiger partial charge in [-0.15, -0.1) is 0 Å². The van der Waals surface area contributed by atoms with Crippen molar-refractivity contribution in [3.8, 4) is 17.2 Å². The van der Waals surface area contributed by atoms with E-state index in [1.165, 1.54) is 0 Å². The van der Waals surface area contributed by atoms with E-state index in [-0.39, 0.29) is 19.3 Å². The molecule has 0 saturated carbocycles. The number of hydrogen-bond acceptors (Lipinski definition) is 5. The van der Waals surface area contributed by atoms with Crippen LogP contribution in [-0.4, -0.2) is 19.3 Å². The first-order valence-corrected chi connectivity index (χ1v) is 8.11. The highest BCUT2D eigenvalue weighted by Gasteiger charge is 2.12. The quantitative estimate of drug-likeness (QED) is 0.592.